The van der Waals surface area contributed by atoms with Crippen LogP contribution in [-0.4, -0.2) is 12.5 Å². The van der Waals surface area contributed by atoms with E-state index in [-0.39, 0.29) is 11.3 Å². The number of hydrogen-bond donors (Lipinski definition) is 1. The predicted octanol–water partition coefficient (Wildman–Crippen LogP) is 4.22. The van der Waals surface area contributed by atoms with E-state index in [9.17, 15) is 4.79 Å². The Balaban J connectivity index is 1.82. The molecular formula is C17H22ClNO. The Morgan fingerprint density at radius 3 is 2.65 bits per heavy atom. The molecule has 0 radical (unpaired) electrons. The number of alkyl halides is 1. The summed E-state index contributed by atoms with van der Waals surface area (Å²) in [4.78, 5) is 11.9. The number of rotatable bonds is 2. The van der Waals surface area contributed by atoms with E-state index in [1.807, 2.05) is 6.07 Å². The lowest BCUT2D eigenvalue weighted by atomic mass is 9.89. The first kappa shape index (κ1) is 13.9. The predicted molar refractivity (Wildman–Crippen MR) is 82.3 cm³/mol. The van der Waals surface area contributed by atoms with Crippen molar-refractivity contribution < 1.29 is 4.79 Å². The monoisotopic (exact) mass is 291 g/mol. The highest BCUT2D eigenvalue weighted by Gasteiger charge is 2.24. The molecule has 1 heterocycles. The van der Waals surface area contributed by atoms with E-state index in [0.29, 0.717) is 5.92 Å². The van der Waals surface area contributed by atoms with Crippen LogP contribution in [0.15, 0.2) is 18.2 Å². The van der Waals surface area contributed by atoms with E-state index in [4.69, 9.17) is 11.6 Å². The fourth-order valence-electron chi connectivity index (χ4n) is 3.48. The van der Waals surface area contributed by atoms with Gasteiger partial charge in [0.1, 0.15) is 0 Å². The van der Waals surface area contributed by atoms with Gasteiger partial charge in [-0.05, 0) is 42.4 Å². The first-order valence-electron chi connectivity index (χ1n) is 7.81. The van der Waals surface area contributed by atoms with Crippen LogP contribution >= 0.6 is 11.6 Å². The topological polar surface area (TPSA) is 29.1 Å². The zero-order chi connectivity index (χ0) is 13.9. The van der Waals surface area contributed by atoms with Gasteiger partial charge in [0.15, 0.2) is 0 Å². The number of halogens is 1. The molecule has 1 aromatic rings. The Hall–Kier alpha value is -1.02. The highest BCUT2D eigenvalue weighted by Crippen LogP contribution is 2.38. The minimum absolute atomic E-state index is 0.0492. The average Bonchev–Trinajstić information content (AvgIpc) is 2.76. The molecule has 3 rings (SSSR count). The van der Waals surface area contributed by atoms with Gasteiger partial charge in [-0.25, -0.2) is 0 Å². The molecule has 0 saturated heterocycles. The second kappa shape index (κ2) is 6.17. The smallest absolute Gasteiger partial charge is 0.251 e. The van der Waals surface area contributed by atoms with Crippen LogP contribution in [0.2, 0.25) is 0 Å². The van der Waals surface area contributed by atoms with Crippen LogP contribution < -0.4 is 5.32 Å². The molecule has 20 heavy (non-hydrogen) atoms. The molecule has 1 unspecified atom stereocenters. The molecule has 1 aliphatic carbocycles. The quantitative estimate of drug-likeness (QED) is 0.641. The zero-order valence-corrected chi connectivity index (χ0v) is 12.6. The molecule has 1 aromatic carbocycles. The molecule has 1 atom stereocenters. The van der Waals surface area contributed by atoms with Crippen LogP contribution in [0.4, 0.5) is 0 Å². The molecule has 1 fully saturated rings. The standard InChI is InChI=1S/C17H22ClNO/c18-16(13-5-3-1-2-4-6-13)14-8-7-12-9-10-19-17(20)15(12)11-14/h7-8,11,13,16H,1-6,9-10H2,(H,19,20). The lowest BCUT2D eigenvalue weighted by Crippen LogP contribution is -2.31. The minimum atomic E-state index is 0.0492. The van der Waals surface area contributed by atoms with Crippen LogP contribution in [0.1, 0.15) is 65.4 Å². The summed E-state index contributed by atoms with van der Waals surface area (Å²) in [6.45, 7) is 0.748. The molecule has 2 nitrogen and oxygen atoms in total. The third-order valence-electron chi connectivity index (χ3n) is 4.69. The zero-order valence-electron chi connectivity index (χ0n) is 11.8. The first-order chi connectivity index (χ1) is 9.75. The van der Waals surface area contributed by atoms with Gasteiger partial charge in [-0.1, -0.05) is 37.8 Å². The largest absolute Gasteiger partial charge is 0.352 e. The minimum Gasteiger partial charge on any atom is -0.352 e. The molecule has 108 valence electrons. The fraction of sp³-hybridized carbons (Fsp3) is 0.588. The maximum Gasteiger partial charge on any atom is 0.251 e. The van der Waals surface area contributed by atoms with Gasteiger partial charge >= 0.3 is 0 Å². The van der Waals surface area contributed by atoms with Crippen molar-refractivity contribution in [2.45, 2.75) is 50.3 Å². The van der Waals surface area contributed by atoms with Crippen molar-refractivity contribution in [3.05, 3.63) is 34.9 Å². The van der Waals surface area contributed by atoms with Crippen LogP contribution in [0.5, 0.6) is 0 Å². The van der Waals surface area contributed by atoms with Crippen molar-refractivity contribution in [3.63, 3.8) is 0 Å². The molecule has 3 heteroatoms. The van der Waals surface area contributed by atoms with Gasteiger partial charge in [0.05, 0.1) is 5.38 Å². The Bertz CT molecular complexity index is 492. The Morgan fingerprint density at radius 1 is 1.15 bits per heavy atom. The number of carbonyl (C=O) groups is 1. The van der Waals surface area contributed by atoms with E-state index >= 15 is 0 Å². The summed E-state index contributed by atoms with van der Waals surface area (Å²) >= 11 is 6.72. The highest BCUT2D eigenvalue weighted by atomic mass is 35.5. The van der Waals surface area contributed by atoms with E-state index in [2.05, 4.69) is 17.4 Å². The SMILES string of the molecule is O=C1NCCc2ccc(C(Cl)C3CCCCCC3)cc21. The van der Waals surface area contributed by atoms with Crippen LogP contribution in [0.3, 0.4) is 0 Å². The lowest BCUT2D eigenvalue weighted by molar-refractivity contribution is 0.0946. The number of carbonyl (C=O) groups excluding carboxylic acids is 1. The van der Waals surface area contributed by atoms with E-state index < -0.39 is 0 Å². The average molecular weight is 292 g/mol. The molecule has 0 spiro atoms. The van der Waals surface area contributed by atoms with Gasteiger partial charge in [0.25, 0.3) is 5.91 Å². The van der Waals surface area contributed by atoms with Gasteiger partial charge < -0.3 is 5.32 Å². The summed E-state index contributed by atoms with van der Waals surface area (Å²) in [7, 11) is 0. The summed E-state index contributed by atoms with van der Waals surface area (Å²) in [5.74, 6) is 0.613. The van der Waals surface area contributed by atoms with Crippen LogP contribution in [0.25, 0.3) is 0 Å². The summed E-state index contributed by atoms with van der Waals surface area (Å²) < 4.78 is 0. The molecule has 1 N–H and O–H groups in total. The van der Waals surface area contributed by atoms with Gasteiger partial charge in [-0.15, -0.1) is 11.6 Å². The second-order valence-electron chi connectivity index (χ2n) is 6.08. The van der Waals surface area contributed by atoms with Gasteiger partial charge in [0.2, 0.25) is 0 Å². The number of fused-ring (bicyclic) bond motifs is 1. The number of amides is 1. The van der Waals surface area contributed by atoms with Crippen molar-refractivity contribution in [3.8, 4) is 0 Å². The Kier molecular flexibility index (Phi) is 4.30. The third-order valence-corrected chi connectivity index (χ3v) is 5.30. The molecular weight excluding hydrogens is 270 g/mol. The molecule has 1 aliphatic heterocycles. The normalized spacial score (nSPS) is 21.8. The number of hydrogen-bond acceptors (Lipinski definition) is 1. The molecule has 0 aromatic heterocycles. The van der Waals surface area contributed by atoms with Crippen molar-refractivity contribution in [2.75, 3.05) is 6.54 Å². The molecule has 2 aliphatic rings. The van der Waals surface area contributed by atoms with E-state index in [0.717, 1.165) is 29.7 Å². The van der Waals surface area contributed by atoms with Crippen molar-refractivity contribution in [1.82, 2.24) is 5.32 Å². The maximum atomic E-state index is 11.9. The number of nitrogens with one attached hydrogen (secondary N) is 1. The van der Waals surface area contributed by atoms with E-state index in [1.54, 1.807) is 0 Å². The molecule has 1 amide bonds. The third kappa shape index (κ3) is 2.85. The first-order valence-corrected chi connectivity index (χ1v) is 8.24. The summed E-state index contributed by atoms with van der Waals surface area (Å²) in [6.07, 6.45) is 8.63. The summed E-state index contributed by atoms with van der Waals surface area (Å²) in [6, 6.07) is 6.24. The highest BCUT2D eigenvalue weighted by molar-refractivity contribution is 6.21. The van der Waals surface area contributed by atoms with Crippen molar-refractivity contribution in [1.29, 1.82) is 0 Å². The molecule has 0 bridgehead atoms. The van der Waals surface area contributed by atoms with Crippen molar-refractivity contribution >= 4 is 17.5 Å². The summed E-state index contributed by atoms with van der Waals surface area (Å²) in [5.41, 5.74) is 3.10. The molecule has 1 saturated carbocycles. The van der Waals surface area contributed by atoms with E-state index in [1.165, 1.54) is 38.5 Å². The van der Waals surface area contributed by atoms with Crippen LogP contribution in [-0.2, 0) is 6.42 Å². The maximum absolute atomic E-state index is 11.9. The van der Waals surface area contributed by atoms with Gasteiger partial charge in [-0.2, -0.15) is 0 Å². The van der Waals surface area contributed by atoms with Gasteiger partial charge in [-0.3, -0.25) is 4.79 Å². The van der Waals surface area contributed by atoms with Gasteiger partial charge in [0, 0.05) is 12.1 Å². The second-order valence-corrected chi connectivity index (χ2v) is 6.55. The Labute approximate surface area is 125 Å². The number of benzene rings is 1. The van der Waals surface area contributed by atoms with Crippen LogP contribution in [0, 0.1) is 5.92 Å². The summed E-state index contributed by atoms with van der Waals surface area (Å²) in [5, 5.41) is 2.96. The fourth-order valence-corrected chi connectivity index (χ4v) is 3.86. The lowest BCUT2D eigenvalue weighted by Gasteiger charge is -2.23. The Morgan fingerprint density at radius 2 is 1.90 bits per heavy atom. The van der Waals surface area contributed by atoms with Crippen molar-refractivity contribution in [2.24, 2.45) is 5.92 Å².